The van der Waals surface area contributed by atoms with Crippen LogP contribution in [0.2, 0.25) is 0 Å². The monoisotopic (exact) mass is 277 g/mol. The molecule has 1 N–H and O–H groups in total. The molecule has 5 nitrogen and oxygen atoms in total. The van der Waals surface area contributed by atoms with Gasteiger partial charge in [0.15, 0.2) is 0 Å². The van der Waals surface area contributed by atoms with Crippen molar-refractivity contribution in [1.29, 1.82) is 5.26 Å². The largest absolute Gasteiger partial charge is 0.316 e. The molecule has 0 spiro atoms. The van der Waals surface area contributed by atoms with Crippen molar-refractivity contribution in [3.05, 3.63) is 29.8 Å². The van der Waals surface area contributed by atoms with Crippen LogP contribution in [0.1, 0.15) is 5.56 Å². The van der Waals surface area contributed by atoms with Crippen LogP contribution in [0.4, 0.5) is 0 Å². The molecular formula is C13H15N3O2S. The lowest BCUT2D eigenvalue weighted by molar-refractivity contribution is 0.448. The molecule has 2 atom stereocenters. The fraction of sp³-hybridized carbons (Fsp3) is 0.462. The Kier molecular flexibility index (Phi) is 3.05. The molecule has 2 aliphatic heterocycles. The summed E-state index contributed by atoms with van der Waals surface area (Å²) in [5.74, 6) is 0.850. The summed E-state index contributed by atoms with van der Waals surface area (Å²) in [5, 5.41) is 12.1. The highest BCUT2D eigenvalue weighted by molar-refractivity contribution is 7.89. The van der Waals surface area contributed by atoms with Crippen LogP contribution in [-0.2, 0) is 10.0 Å². The standard InChI is InChI=1S/C13H15N3O2S/c14-5-10-2-1-3-13(4-10)19(17,18)16-8-11-6-15-7-12(11)9-16/h1-4,11-12,15H,6-9H2/t11-,12+. The zero-order chi connectivity index (χ0) is 13.5. The predicted molar refractivity (Wildman–Crippen MR) is 69.8 cm³/mol. The molecule has 2 fully saturated rings. The predicted octanol–water partition coefficient (Wildman–Crippen LogP) is 0.398. The van der Waals surface area contributed by atoms with Crippen molar-refractivity contribution in [2.75, 3.05) is 26.2 Å². The normalized spacial score (nSPS) is 27.1. The van der Waals surface area contributed by atoms with Gasteiger partial charge in [-0.25, -0.2) is 8.42 Å². The van der Waals surface area contributed by atoms with Gasteiger partial charge in [0.25, 0.3) is 0 Å². The van der Waals surface area contributed by atoms with E-state index in [1.807, 2.05) is 6.07 Å². The highest BCUT2D eigenvalue weighted by atomic mass is 32.2. The van der Waals surface area contributed by atoms with Gasteiger partial charge in [0.1, 0.15) is 0 Å². The van der Waals surface area contributed by atoms with E-state index in [0.717, 1.165) is 13.1 Å². The highest BCUT2D eigenvalue weighted by Crippen LogP contribution is 2.30. The van der Waals surface area contributed by atoms with Crippen molar-refractivity contribution >= 4 is 10.0 Å². The second kappa shape index (κ2) is 4.60. The number of hydrogen-bond donors (Lipinski definition) is 1. The zero-order valence-electron chi connectivity index (χ0n) is 10.4. The molecule has 0 aliphatic carbocycles. The van der Waals surface area contributed by atoms with Crippen LogP contribution in [0.5, 0.6) is 0 Å². The van der Waals surface area contributed by atoms with Gasteiger partial charge in [-0.3, -0.25) is 0 Å². The second-order valence-electron chi connectivity index (χ2n) is 5.14. The molecule has 0 aromatic heterocycles. The summed E-state index contributed by atoms with van der Waals surface area (Å²) in [6, 6.07) is 8.21. The average molecular weight is 277 g/mol. The first-order valence-corrected chi connectivity index (χ1v) is 7.76. The van der Waals surface area contributed by atoms with E-state index in [0.29, 0.717) is 30.5 Å². The van der Waals surface area contributed by atoms with Crippen molar-refractivity contribution < 1.29 is 8.42 Å². The second-order valence-corrected chi connectivity index (χ2v) is 7.08. The number of benzene rings is 1. The van der Waals surface area contributed by atoms with Crippen LogP contribution < -0.4 is 5.32 Å². The molecule has 2 aliphatic rings. The molecule has 1 aromatic carbocycles. The zero-order valence-corrected chi connectivity index (χ0v) is 11.2. The fourth-order valence-corrected chi connectivity index (χ4v) is 4.48. The maximum atomic E-state index is 12.5. The van der Waals surface area contributed by atoms with Crippen LogP contribution in [0.15, 0.2) is 29.2 Å². The highest BCUT2D eigenvalue weighted by Gasteiger charge is 2.41. The Morgan fingerprint density at radius 3 is 2.58 bits per heavy atom. The molecule has 1 aromatic rings. The Morgan fingerprint density at radius 1 is 1.26 bits per heavy atom. The summed E-state index contributed by atoms with van der Waals surface area (Å²) in [5.41, 5.74) is 0.377. The lowest BCUT2D eigenvalue weighted by Crippen LogP contribution is -2.32. The molecule has 0 saturated carbocycles. The molecule has 2 heterocycles. The van der Waals surface area contributed by atoms with Crippen LogP contribution in [0, 0.1) is 23.2 Å². The van der Waals surface area contributed by atoms with Crippen molar-refractivity contribution in [3.8, 4) is 6.07 Å². The Hall–Kier alpha value is -1.42. The topological polar surface area (TPSA) is 73.2 Å². The minimum atomic E-state index is -3.46. The molecule has 100 valence electrons. The molecular weight excluding hydrogens is 262 g/mol. The third-order valence-electron chi connectivity index (χ3n) is 3.96. The molecule has 3 rings (SSSR count). The van der Waals surface area contributed by atoms with Crippen molar-refractivity contribution in [2.24, 2.45) is 11.8 Å². The Balaban J connectivity index is 1.89. The Labute approximate surface area is 112 Å². The van der Waals surface area contributed by atoms with Gasteiger partial charge in [-0.15, -0.1) is 0 Å². The average Bonchev–Trinajstić information content (AvgIpc) is 2.99. The van der Waals surface area contributed by atoms with Gasteiger partial charge in [-0.1, -0.05) is 6.07 Å². The van der Waals surface area contributed by atoms with Gasteiger partial charge >= 0.3 is 0 Å². The maximum absolute atomic E-state index is 12.5. The van der Waals surface area contributed by atoms with E-state index in [-0.39, 0.29) is 4.90 Å². The lowest BCUT2D eigenvalue weighted by Gasteiger charge is -2.17. The van der Waals surface area contributed by atoms with Gasteiger partial charge in [-0.05, 0) is 43.1 Å². The molecule has 0 bridgehead atoms. The van der Waals surface area contributed by atoms with Crippen LogP contribution >= 0.6 is 0 Å². The first-order chi connectivity index (χ1) is 9.11. The van der Waals surface area contributed by atoms with Crippen LogP contribution in [0.25, 0.3) is 0 Å². The SMILES string of the molecule is N#Cc1cccc(S(=O)(=O)N2C[C@H]3CNC[C@H]3C2)c1. The van der Waals surface area contributed by atoms with E-state index in [1.165, 1.54) is 6.07 Å². The molecule has 6 heteroatoms. The number of fused-ring (bicyclic) bond motifs is 1. The number of rotatable bonds is 2. The van der Waals surface area contributed by atoms with Crippen molar-refractivity contribution in [1.82, 2.24) is 9.62 Å². The van der Waals surface area contributed by atoms with E-state index in [4.69, 9.17) is 5.26 Å². The summed E-state index contributed by atoms with van der Waals surface area (Å²) in [7, 11) is -3.46. The van der Waals surface area contributed by atoms with Gasteiger partial charge in [-0.2, -0.15) is 9.57 Å². The number of hydrogen-bond acceptors (Lipinski definition) is 4. The number of nitrogens with zero attached hydrogens (tertiary/aromatic N) is 2. The molecule has 2 saturated heterocycles. The van der Waals surface area contributed by atoms with Gasteiger partial charge in [0, 0.05) is 13.1 Å². The van der Waals surface area contributed by atoms with E-state index in [1.54, 1.807) is 22.5 Å². The van der Waals surface area contributed by atoms with E-state index < -0.39 is 10.0 Å². The smallest absolute Gasteiger partial charge is 0.243 e. The van der Waals surface area contributed by atoms with Crippen LogP contribution in [0.3, 0.4) is 0 Å². The van der Waals surface area contributed by atoms with Gasteiger partial charge < -0.3 is 5.32 Å². The first kappa shape index (κ1) is 12.6. The van der Waals surface area contributed by atoms with Crippen molar-refractivity contribution in [2.45, 2.75) is 4.90 Å². The third kappa shape index (κ3) is 2.14. The van der Waals surface area contributed by atoms with Crippen molar-refractivity contribution in [3.63, 3.8) is 0 Å². The van der Waals surface area contributed by atoms with Gasteiger partial charge in [0.05, 0.1) is 16.5 Å². The molecule has 0 unspecified atom stereocenters. The minimum absolute atomic E-state index is 0.222. The Morgan fingerprint density at radius 2 is 1.95 bits per heavy atom. The van der Waals surface area contributed by atoms with Gasteiger partial charge in [0.2, 0.25) is 10.0 Å². The number of sulfonamides is 1. The van der Waals surface area contributed by atoms with E-state index in [9.17, 15) is 8.42 Å². The number of nitrogens with one attached hydrogen (secondary N) is 1. The van der Waals surface area contributed by atoms with E-state index in [2.05, 4.69) is 5.32 Å². The molecule has 19 heavy (non-hydrogen) atoms. The fourth-order valence-electron chi connectivity index (χ4n) is 2.88. The molecule has 0 amide bonds. The number of nitriles is 1. The quantitative estimate of drug-likeness (QED) is 0.849. The molecule has 0 radical (unpaired) electrons. The third-order valence-corrected chi connectivity index (χ3v) is 5.78. The summed E-state index contributed by atoms with van der Waals surface area (Å²) >= 11 is 0. The Bertz CT molecular complexity index is 624. The van der Waals surface area contributed by atoms with E-state index >= 15 is 0 Å². The lowest BCUT2D eigenvalue weighted by atomic mass is 10.0. The summed E-state index contributed by atoms with van der Waals surface area (Å²) in [6.45, 7) is 2.96. The maximum Gasteiger partial charge on any atom is 0.243 e. The summed E-state index contributed by atoms with van der Waals surface area (Å²) in [4.78, 5) is 0.222. The van der Waals surface area contributed by atoms with Crippen LogP contribution in [-0.4, -0.2) is 38.9 Å². The first-order valence-electron chi connectivity index (χ1n) is 6.32. The summed E-state index contributed by atoms with van der Waals surface area (Å²) in [6.07, 6.45) is 0. The minimum Gasteiger partial charge on any atom is -0.316 e. The summed E-state index contributed by atoms with van der Waals surface area (Å²) < 4.78 is 26.6.